The third kappa shape index (κ3) is 10.5. The zero-order chi connectivity index (χ0) is 38.8. The third-order valence-corrected chi connectivity index (χ3v) is 11.6. The van der Waals surface area contributed by atoms with Crippen molar-refractivity contribution in [3.05, 3.63) is 179 Å². The molecule has 2 N–H and O–H groups in total. The second kappa shape index (κ2) is 21.5. The van der Waals surface area contributed by atoms with E-state index < -0.39 is 17.6 Å². The summed E-state index contributed by atoms with van der Waals surface area (Å²) in [6, 6.07) is 47.5. The fraction of sp³-hybridized carbons (Fsp3) is 0.365. The first-order chi connectivity index (χ1) is 27.6. The van der Waals surface area contributed by atoms with E-state index in [1.165, 1.54) is 73.6 Å². The van der Waals surface area contributed by atoms with Crippen molar-refractivity contribution in [3.8, 4) is 11.1 Å². The predicted octanol–water partition coefficient (Wildman–Crippen LogP) is 12.1. The first-order valence-corrected chi connectivity index (χ1v) is 21.1. The lowest BCUT2D eigenvalue weighted by Crippen LogP contribution is -2.43. The van der Waals surface area contributed by atoms with Gasteiger partial charge in [-0.05, 0) is 58.2 Å². The third-order valence-electron chi connectivity index (χ3n) is 11.6. The smallest absolute Gasteiger partial charge is 0.305 e. The van der Waals surface area contributed by atoms with Crippen LogP contribution in [0.2, 0.25) is 0 Å². The minimum absolute atomic E-state index is 0.0788. The molecular formula is C52H60O4. The molecule has 0 fully saturated rings. The van der Waals surface area contributed by atoms with Crippen LogP contribution in [0, 0.1) is 0 Å². The maximum Gasteiger partial charge on any atom is 0.305 e. The Morgan fingerprint density at radius 1 is 0.554 bits per heavy atom. The van der Waals surface area contributed by atoms with Crippen molar-refractivity contribution in [1.29, 1.82) is 0 Å². The fourth-order valence-electron chi connectivity index (χ4n) is 8.73. The molecule has 5 aromatic carbocycles. The number of fused-ring (bicyclic) bond motifs is 3. The average Bonchev–Trinajstić information content (AvgIpc) is 3.56. The van der Waals surface area contributed by atoms with E-state index >= 15 is 0 Å². The summed E-state index contributed by atoms with van der Waals surface area (Å²) >= 11 is 0. The van der Waals surface area contributed by atoms with Gasteiger partial charge < -0.3 is 14.9 Å². The molecule has 5 aromatic rings. The van der Waals surface area contributed by atoms with Crippen LogP contribution in [0.3, 0.4) is 0 Å². The van der Waals surface area contributed by atoms with Gasteiger partial charge in [-0.1, -0.05) is 209 Å². The number of unbranched alkanes of at least 4 members (excludes halogenated alkanes) is 11. The van der Waals surface area contributed by atoms with Crippen LogP contribution in [0.25, 0.3) is 11.1 Å². The summed E-state index contributed by atoms with van der Waals surface area (Å²) in [5.74, 6) is 0.0480. The molecule has 0 aromatic heterocycles. The van der Waals surface area contributed by atoms with Crippen LogP contribution in [-0.4, -0.2) is 35.0 Å². The number of ether oxygens (including phenoxy) is 1. The van der Waals surface area contributed by atoms with Gasteiger partial charge in [0.2, 0.25) is 0 Å². The van der Waals surface area contributed by atoms with E-state index in [0.29, 0.717) is 13.0 Å². The number of carbonyl (C=O) groups is 1. The number of aliphatic hydroxyl groups is 2. The molecule has 0 bridgehead atoms. The monoisotopic (exact) mass is 748 g/mol. The van der Waals surface area contributed by atoms with E-state index in [1.807, 2.05) is 60.7 Å². The van der Waals surface area contributed by atoms with Gasteiger partial charge in [-0.2, -0.15) is 0 Å². The van der Waals surface area contributed by atoms with E-state index in [9.17, 15) is 15.0 Å². The van der Waals surface area contributed by atoms with Gasteiger partial charge in [0.15, 0.2) is 0 Å². The highest BCUT2D eigenvalue weighted by Gasteiger charge is 2.43. The molecule has 4 heteroatoms. The minimum atomic E-state index is -0.844. The lowest BCUT2D eigenvalue weighted by atomic mass is 9.64. The van der Waals surface area contributed by atoms with Gasteiger partial charge >= 0.3 is 5.97 Å². The second-order valence-electron chi connectivity index (χ2n) is 15.5. The van der Waals surface area contributed by atoms with Crippen LogP contribution in [0.4, 0.5) is 0 Å². The Morgan fingerprint density at radius 3 is 1.45 bits per heavy atom. The predicted molar refractivity (Wildman–Crippen MR) is 230 cm³/mol. The van der Waals surface area contributed by atoms with Crippen molar-refractivity contribution < 1.29 is 19.7 Å². The summed E-state index contributed by atoms with van der Waals surface area (Å²) < 4.78 is 5.77. The zero-order valence-electron chi connectivity index (χ0n) is 33.0. The first kappa shape index (κ1) is 40.9. The normalized spacial score (nSPS) is 13.7. The molecule has 0 unspecified atom stereocenters. The standard InChI is InChI=1S/C52H60O4/c53-44(39-50(54)52(41-27-15-12-16-28-41,42-29-17-13-18-30-42)43-31-19-14-20-32-43)33-21-10-8-6-4-2-1-3-5-7-9-11-22-38-51(55)56-40-49-47-36-25-23-34-45(47)46-35-24-26-37-48(46)49/h12-21,23-37,44,49-50,53-54H,1-11,22,38-40H2/b33-21+/t44-,50-/m1/s1. The molecular weight excluding hydrogens is 689 g/mol. The Hall–Kier alpha value is -4.77. The number of carbonyl (C=O) groups excluding carboxylic acids is 1. The Labute approximate surface area is 335 Å². The van der Waals surface area contributed by atoms with E-state index in [4.69, 9.17) is 4.74 Å². The molecule has 0 aliphatic heterocycles. The Morgan fingerprint density at radius 2 is 0.964 bits per heavy atom. The maximum absolute atomic E-state index is 12.5. The minimum Gasteiger partial charge on any atom is -0.465 e. The van der Waals surface area contributed by atoms with E-state index in [-0.39, 0.29) is 18.3 Å². The molecule has 2 atom stereocenters. The fourth-order valence-corrected chi connectivity index (χ4v) is 8.73. The number of esters is 1. The van der Waals surface area contributed by atoms with Crippen LogP contribution < -0.4 is 0 Å². The molecule has 6 rings (SSSR count). The molecule has 0 radical (unpaired) electrons. The quantitative estimate of drug-likeness (QED) is 0.0302. The molecule has 0 saturated heterocycles. The highest BCUT2D eigenvalue weighted by atomic mass is 16.5. The van der Waals surface area contributed by atoms with Gasteiger partial charge in [0.25, 0.3) is 0 Å². The van der Waals surface area contributed by atoms with Gasteiger partial charge in [-0.15, -0.1) is 0 Å². The molecule has 56 heavy (non-hydrogen) atoms. The van der Waals surface area contributed by atoms with Crippen molar-refractivity contribution >= 4 is 5.97 Å². The van der Waals surface area contributed by atoms with Gasteiger partial charge in [0.1, 0.15) is 6.61 Å². The summed E-state index contributed by atoms with van der Waals surface area (Å²) in [5.41, 5.74) is 7.23. The number of aliphatic hydroxyl groups excluding tert-OH is 2. The Balaban J connectivity index is 0.811. The van der Waals surface area contributed by atoms with Crippen molar-refractivity contribution in [3.63, 3.8) is 0 Å². The maximum atomic E-state index is 12.5. The molecule has 4 nitrogen and oxygen atoms in total. The van der Waals surface area contributed by atoms with Crippen molar-refractivity contribution in [2.24, 2.45) is 0 Å². The first-order valence-electron chi connectivity index (χ1n) is 21.1. The van der Waals surface area contributed by atoms with E-state index in [0.717, 1.165) is 42.4 Å². The van der Waals surface area contributed by atoms with Crippen molar-refractivity contribution in [2.75, 3.05) is 6.61 Å². The summed E-state index contributed by atoms with van der Waals surface area (Å²) in [7, 11) is 0. The van der Waals surface area contributed by atoms with Crippen molar-refractivity contribution in [1.82, 2.24) is 0 Å². The molecule has 1 aliphatic carbocycles. The van der Waals surface area contributed by atoms with Crippen LogP contribution in [-0.2, 0) is 14.9 Å². The van der Waals surface area contributed by atoms with E-state index in [1.54, 1.807) is 0 Å². The molecule has 0 saturated carbocycles. The zero-order valence-corrected chi connectivity index (χ0v) is 33.0. The van der Waals surface area contributed by atoms with Crippen LogP contribution in [0.15, 0.2) is 152 Å². The highest BCUT2D eigenvalue weighted by molar-refractivity contribution is 5.79. The average molecular weight is 749 g/mol. The van der Waals surface area contributed by atoms with Crippen molar-refractivity contribution in [2.45, 2.75) is 113 Å². The summed E-state index contributed by atoms with van der Waals surface area (Å²) in [5, 5.41) is 23.1. The van der Waals surface area contributed by atoms with Gasteiger partial charge in [-0.25, -0.2) is 0 Å². The lowest BCUT2D eigenvalue weighted by molar-refractivity contribution is -0.144. The van der Waals surface area contributed by atoms with Gasteiger partial charge in [0, 0.05) is 18.8 Å². The SMILES string of the molecule is O=C(CCCCCCCCCCCCC/C=C/[C@@H](O)C[C@@H](O)C(c1ccccc1)(c1ccccc1)c1ccccc1)OCC1c2ccccc2-c2ccccc21. The van der Waals surface area contributed by atoms with Gasteiger partial charge in [-0.3, -0.25) is 4.79 Å². The molecule has 292 valence electrons. The largest absolute Gasteiger partial charge is 0.465 e. The summed E-state index contributed by atoms with van der Waals surface area (Å²) in [4.78, 5) is 12.5. The van der Waals surface area contributed by atoms with Crippen LogP contribution in [0.1, 0.15) is 124 Å². The number of allylic oxidation sites excluding steroid dienone is 1. The number of rotatable bonds is 23. The van der Waals surface area contributed by atoms with Crippen LogP contribution >= 0.6 is 0 Å². The molecule has 0 spiro atoms. The highest BCUT2D eigenvalue weighted by Crippen LogP contribution is 2.45. The lowest BCUT2D eigenvalue weighted by Gasteiger charge is -2.40. The van der Waals surface area contributed by atoms with Crippen LogP contribution in [0.5, 0.6) is 0 Å². The summed E-state index contributed by atoms with van der Waals surface area (Å²) in [6.45, 7) is 0.416. The Kier molecular flexibility index (Phi) is 15.7. The number of hydrogen-bond acceptors (Lipinski definition) is 4. The molecule has 0 amide bonds. The topological polar surface area (TPSA) is 66.8 Å². The number of hydrogen-bond donors (Lipinski definition) is 2. The summed E-state index contributed by atoms with van der Waals surface area (Å²) in [6.07, 6.45) is 17.0. The second-order valence-corrected chi connectivity index (χ2v) is 15.5. The molecule has 1 aliphatic rings. The number of benzene rings is 5. The van der Waals surface area contributed by atoms with E-state index in [2.05, 4.69) is 91.0 Å². The molecule has 0 heterocycles. The Bertz CT molecular complexity index is 1780. The van der Waals surface area contributed by atoms with Gasteiger partial charge in [0.05, 0.1) is 17.6 Å².